The van der Waals surface area contributed by atoms with Gasteiger partial charge in [-0.3, -0.25) is 4.79 Å². The summed E-state index contributed by atoms with van der Waals surface area (Å²) >= 11 is 0. The molecule has 2 N–H and O–H groups in total. The van der Waals surface area contributed by atoms with Crippen LogP contribution in [0.15, 0.2) is 0 Å². The highest BCUT2D eigenvalue weighted by Gasteiger charge is 2.28. The monoisotopic (exact) mass is 226 g/mol. The van der Waals surface area contributed by atoms with Crippen LogP contribution < -0.4 is 10.6 Å². The summed E-state index contributed by atoms with van der Waals surface area (Å²) in [5.41, 5.74) is -0.222. The summed E-state index contributed by atoms with van der Waals surface area (Å²) in [5.74, 6) is 0.211. The van der Waals surface area contributed by atoms with E-state index in [-0.39, 0.29) is 11.3 Å². The maximum atomic E-state index is 12.0. The van der Waals surface area contributed by atoms with Crippen LogP contribution in [-0.2, 0) is 4.79 Å². The van der Waals surface area contributed by atoms with E-state index in [9.17, 15) is 4.79 Å². The number of hydrogen-bond acceptors (Lipinski definition) is 2. The van der Waals surface area contributed by atoms with Crippen LogP contribution in [0.5, 0.6) is 0 Å². The van der Waals surface area contributed by atoms with Crippen molar-refractivity contribution in [2.45, 2.75) is 65.0 Å². The molecule has 1 amide bonds. The fourth-order valence-corrected chi connectivity index (χ4v) is 2.07. The van der Waals surface area contributed by atoms with Gasteiger partial charge in [0.15, 0.2) is 0 Å². The molecule has 0 aliphatic heterocycles. The molecule has 0 heterocycles. The molecule has 0 aromatic heterocycles. The molecule has 3 heteroatoms. The first-order valence-electron chi connectivity index (χ1n) is 6.48. The molecular weight excluding hydrogens is 200 g/mol. The first-order valence-corrected chi connectivity index (χ1v) is 6.48. The van der Waals surface area contributed by atoms with Crippen LogP contribution in [0.1, 0.15) is 52.9 Å². The van der Waals surface area contributed by atoms with Crippen molar-refractivity contribution in [3.8, 4) is 0 Å². The minimum Gasteiger partial charge on any atom is -0.353 e. The van der Waals surface area contributed by atoms with E-state index in [2.05, 4.69) is 17.6 Å². The highest BCUT2D eigenvalue weighted by atomic mass is 16.2. The summed E-state index contributed by atoms with van der Waals surface area (Å²) in [5, 5.41) is 6.49. The molecule has 1 aliphatic carbocycles. The van der Waals surface area contributed by atoms with E-state index >= 15 is 0 Å². The van der Waals surface area contributed by atoms with Crippen molar-refractivity contribution in [1.29, 1.82) is 0 Å². The van der Waals surface area contributed by atoms with Crippen LogP contribution in [0.4, 0.5) is 0 Å². The SMILES string of the molecule is CCC(C)(C)C(=O)NC1CCC(NC)CC1. The zero-order valence-electron chi connectivity index (χ0n) is 11.1. The summed E-state index contributed by atoms with van der Waals surface area (Å²) in [6.45, 7) is 6.10. The van der Waals surface area contributed by atoms with Gasteiger partial charge in [0.2, 0.25) is 5.91 Å². The Morgan fingerprint density at radius 3 is 2.12 bits per heavy atom. The van der Waals surface area contributed by atoms with E-state index in [1.54, 1.807) is 0 Å². The third-order valence-corrected chi connectivity index (χ3v) is 3.97. The zero-order valence-corrected chi connectivity index (χ0v) is 11.1. The predicted molar refractivity (Wildman–Crippen MR) is 67.3 cm³/mol. The first-order chi connectivity index (χ1) is 7.49. The fourth-order valence-electron chi connectivity index (χ4n) is 2.07. The highest BCUT2D eigenvalue weighted by molar-refractivity contribution is 5.81. The summed E-state index contributed by atoms with van der Waals surface area (Å²) in [4.78, 5) is 12.0. The van der Waals surface area contributed by atoms with Crippen LogP contribution in [0.25, 0.3) is 0 Å². The predicted octanol–water partition coefficient (Wildman–Crippen LogP) is 2.07. The Labute approximate surface area is 99.4 Å². The lowest BCUT2D eigenvalue weighted by atomic mass is 9.86. The molecule has 1 rings (SSSR count). The van der Waals surface area contributed by atoms with E-state index in [0.29, 0.717) is 12.1 Å². The zero-order chi connectivity index (χ0) is 12.2. The number of rotatable bonds is 4. The Morgan fingerprint density at radius 1 is 1.19 bits per heavy atom. The molecule has 0 bridgehead atoms. The average molecular weight is 226 g/mol. The van der Waals surface area contributed by atoms with Crippen molar-refractivity contribution in [2.75, 3.05) is 7.05 Å². The van der Waals surface area contributed by atoms with Gasteiger partial charge in [-0.15, -0.1) is 0 Å². The third-order valence-electron chi connectivity index (χ3n) is 3.97. The maximum Gasteiger partial charge on any atom is 0.225 e. The third kappa shape index (κ3) is 3.48. The molecule has 1 saturated carbocycles. The standard InChI is InChI=1S/C13H26N2O/c1-5-13(2,3)12(16)15-11-8-6-10(14-4)7-9-11/h10-11,14H,5-9H2,1-4H3,(H,15,16). The van der Waals surface area contributed by atoms with Crippen LogP contribution in [0, 0.1) is 5.41 Å². The molecule has 0 atom stereocenters. The van der Waals surface area contributed by atoms with Crippen LogP contribution in [0.2, 0.25) is 0 Å². The van der Waals surface area contributed by atoms with E-state index in [4.69, 9.17) is 0 Å². The Kier molecular flexibility index (Phi) is 4.78. The Morgan fingerprint density at radius 2 is 1.69 bits per heavy atom. The molecule has 0 saturated heterocycles. The minimum atomic E-state index is -0.222. The van der Waals surface area contributed by atoms with Crippen molar-refractivity contribution in [2.24, 2.45) is 5.41 Å². The normalized spacial score (nSPS) is 26.5. The number of nitrogens with one attached hydrogen (secondary N) is 2. The molecule has 1 fully saturated rings. The lowest BCUT2D eigenvalue weighted by molar-refractivity contribution is -0.130. The number of carbonyl (C=O) groups is 1. The Bertz CT molecular complexity index is 230. The fraction of sp³-hybridized carbons (Fsp3) is 0.923. The summed E-state index contributed by atoms with van der Waals surface area (Å²) in [6.07, 6.45) is 5.46. The van der Waals surface area contributed by atoms with Crippen LogP contribution in [0.3, 0.4) is 0 Å². The van der Waals surface area contributed by atoms with Gasteiger partial charge < -0.3 is 10.6 Å². The van der Waals surface area contributed by atoms with E-state index in [1.165, 1.54) is 12.8 Å². The van der Waals surface area contributed by atoms with Gasteiger partial charge in [0.1, 0.15) is 0 Å². The van der Waals surface area contributed by atoms with Crippen LogP contribution in [-0.4, -0.2) is 25.0 Å². The van der Waals surface area contributed by atoms with E-state index < -0.39 is 0 Å². The number of carbonyl (C=O) groups excluding carboxylic acids is 1. The molecule has 0 radical (unpaired) electrons. The quantitative estimate of drug-likeness (QED) is 0.770. The summed E-state index contributed by atoms with van der Waals surface area (Å²) in [6, 6.07) is 1.04. The molecule has 16 heavy (non-hydrogen) atoms. The van der Waals surface area contributed by atoms with Gasteiger partial charge in [-0.05, 0) is 39.2 Å². The van der Waals surface area contributed by atoms with Crippen molar-refractivity contribution >= 4 is 5.91 Å². The highest BCUT2D eigenvalue weighted by Crippen LogP contribution is 2.23. The van der Waals surface area contributed by atoms with Gasteiger partial charge in [0.05, 0.1) is 0 Å². The van der Waals surface area contributed by atoms with Gasteiger partial charge in [-0.2, -0.15) is 0 Å². The van der Waals surface area contributed by atoms with Crippen molar-refractivity contribution < 1.29 is 4.79 Å². The lowest BCUT2D eigenvalue weighted by Crippen LogP contribution is -2.45. The average Bonchev–Trinajstić information content (AvgIpc) is 2.30. The second kappa shape index (κ2) is 5.67. The summed E-state index contributed by atoms with van der Waals surface area (Å²) in [7, 11) is 2.02. The largest absolute Gasteiger partial charge is 0.353 e. The van der Waals surface area contributed by atoms with Crippen molar-refractivity contribution in [1.82, 2.24) is 10.6 Å². The summed E-state index contributed by atoms with van der Waals surface area (Å²) < 4.78 is 0. The maximum absolute atomic E-state index is 12.0. The van der Waals surface area contributed by atoms with Crippen molar-refractivity contribution in [3.05, 3.63) is 0 Å². The molecule has 0 aromatic carbocycles. The van der Waals surface area contributed by atoms with Gasteiger partial charge in [0, 0.05) is 17.5 Å². The number of amides is 1. The first kappa shape index (κ1) is 13.5. The van der Waals surface area contributed by atoms with Crippen LogP contribution >= 0.6 is 0 Å². The van der Waals surface area contributed by atoms with Gasteiger partial charge in [-0.1, -0.05) is 20.8 Å². The molecule has 94 valence electrons. The Balaban J connectivity index is 2.36. The molecular formula is C13H26N2O. The second-order valence-corrected chi connectivity index (χ2v) is 5.55. The second-order valence-electron chi connectivity index (χ2n) is 5.55. The number of hydrogen-bond donors (Lipinski definition) is 2. The van der Waals surface area contributed by atoms with Gasteiger partial charge >= 0.3 is 0 Å². The topological polar surface area (TPSA) is 41.1 Å². The molecule has 1 aliphatic rings. The van der Waals surface area contributed by atoms with Crippen molar-refractivity contribution in [3.63, 3.8) is 0 Å². The Hall–Kier alpha value is -0.570. The smallest absolute Gasteiger partial charge is 0.225 e. The lowest BCUT2D eigenvalue weighted by Gasteiger charge is -2.31. The molecule has 3 nitrogen and oxygen atoms in total. The van der Waals surface area contributed by atoms with Gasteiger partial charge in [0.25, 0.3) is 0 Å². The molecule has 0 spiro atoms. The van der Waals surface area contributed by atoms with E-state index in [1.807, 2.05) is 20.9 Å². The van der Waals surface area contributed by atoms with E-state index in [0.717, 1.165) is 19.3 Å². The molecule has 0 unspecified atom stereocenters. The minimum absolute atomic E-state index is 0.211. The molecule has 0 aromatic rings. The van der Waals surface area contributed by atoms with Gasteiger partial charge in [-0.25, -0.2) is 0 Å².